The molecule has 1 aromatic rings. The summed E-state index contributed by atoms with van der Waals surface area (Å²) in [5, 5.41) is 12.9. The molecule has 0 aliphatic rings. The summed E-state index contributed by atoms with van der Waals surface area (Å²) in [7, 11) is 0. The van der Waals surface area contributed by atoms with Gasteiger partial charge >= 0.3 is 0 Å². The quantitative estimate of drug-likeness (QED) is 0.840. The molecule has 2 N–H and O–H groups in total. The van der Waals surface area contributed by atoms with Gasteiger partial charge in [0.2, 0.25) is 5.91 Å². The second-order valence-electron chi connectivity index (χ2n) is 5.60. The van der Waals surface area contributed by atoms with Crippen molar-refractivity contribution in [1.29, 1.82) is 0 Å². The number of nitrogens with one attached hydrogen (secondary N) is 1. The predicted octanol–water partition coefficient (Wildman–Crippen LogP) is 2.19. The highest BCUT2D eigenvalue weighted by Crippen LogP contribution is 2.23. The Morgan fingerprint density at radius 1 is 1.26 bits per heavy atom. The van der Waals surface area contributed by atoms with Gasteiger partial charge in [0, 0.05) is 12.3 Å². The van der Waals surface area contributed by atoms with E-state index < -0.39 is 11.0 Å². The molecule has 0 radical (unpaired) electrons. The summed E-state index contributed by atoms with van der Waals surface area (Å²) in [5.41, 5.74) is -0.504. The molecule has 1 aromatic carbocycles. The topological polar surface area (TPSA) is 49.3 Å². The van der Waals surface area contributed by atoms with Gasteiger partial charge < -0.3 is 10.4 Å². The van der Waals surface area contributed by atoms with Gasteiger partial charge in [-0.05, 0) is 32.6 Å². The normalized spacial score (nSPS) is 14.8. The van der Waals surface area contributed by atoms with Gasteiger partial charge in [0.05, 0.1) is 11.0 Å². The summed E-state index contributed by atoms with van der Waals surface area (Å²) in [4.78, 5) is 12.3. The average Bonchev–Trinajstić information content (AvgIpc) is 2.37. The molecule has 0 bridgehead atoms. The molecule has 1 atom stereocenters. The van der Waals surface area contributed by atoms with Crippen LogP contribution in [0.15, 0.2) is 30.3 Å². The highest BCUT2D eigenvalue weighted by Gasteiger charge is 2.31. The molecule has 4 heteroatoms. The summed E-state index contributed by atoms with van der Waals surface area (Å²) in [6, 6.07) is 9.67. The molecule has 3 nitrogen and oxygen atoms in total. The van der Waals surface area contributed by atoms with E-state index in [0.717, 1.165) is 5.56 Å². The van der Waals surface area contributed by atoms with Crippen molar-refractivity contribution in [2.24, 2.45) is 0 Å². The van der Waals surface area contributed by atoms with E-state index in [4.69, 9.17) is 0 Å². The van der Waals surface area contributed by atoms with Gasteiger partial charge in [-0.2, -0.15) is 11.8 Å². The van der Waals surface area contributed by atoms with Crippen molar-refractivity contribution >= 4 is 17.7 Å². The van der Waals surface area contributed by atoms with Crippen LogP contribution in [0.25, 0.3) is 0 Å². The van der Waals surface area contributed by atoms with E-state index in [9.17, 15) is 9.90 Å². The van der Waals surface area contributed by atoms with E-state index >= 15 is 0 Å². The summed E-state index contributed by atoms with van der Waals surface area (Å²) >= 11 is 1.56. The Bertz CT molecular complexity index is 415. The standard InChI is InChI=1S/C15H23NO2S/c1-14(2,12-8-6-5-7-9-12)13(17)16-10-15(3,18)11-19-4/h5-9,18H,10-11H2,1-4H3,(H,16,17)/t15-/m0/s1. The van der Waals surface area contributed by atoms with E-state index in [1.807, 2.05) is 50.4 Å². The van der Waals surface area contributed by atoms with Crippen LogP contribution in [0.4, 0.5) is 0 Å². The van der Waals surface area contributed by atoms with Crippen LogP contribution in [-0.4, -0.2) is 35.2 Å². The highest BCUT2D eigenvalue weighted by atomic mass is 32.2. The Morgan fingerprint density at radius 3 is 2.37 bits per heavy atom. The first-order chi connectivity index (χ1) is 8.79. The summed E-state index contributed by atoms with van der Waals surface area (Å²) in [6.45, 7) is 5.78. The number of carbonyl (C=O) groups is 1. The smallest absolute Gasteiger partial charge is 0.230 e. The lowest BCUT2D eigenvalue weighted by Crippen LogP contribution is -2.48. The van der Waals surface area contributed by atoms with Gasteiger partial charge in [-0.1, -0.05) is 30.3 Å². The zero-order valence-electron chi connectivity index (χ0n) is 12.1. The number of carbonyl (C=O) groups excluding carboxylic acids is 1. The minimum atomic E-state index is -0.873. The van der Waals surface area contributed by atoms with Crippen molar-refractivity contribution in [3.05, 3.63) is 35.9 Å². The van der Waals surface area contributed by atoms with Crippen molar-refractivity contribution in [2.75, 3.05) is 18.6 Å². The number of hydrogen-bond donors (Lipinski definition) is 2. The molecule has 0 aromatic heterocycles. The first-order valence-corrected chi connectivity index (χ1v) is 7.74. The summed E-state index contributed by atoms with van der Waals surface area (Å²) in [5.74, 6) is 0.527. The fraction of sp³-hybridized carbons (Fsp3) is 0.533. The van der Waals surface area contributed by atoms with Crippen LogP contribution in [0, 0.1) is 0 Å². The third-order valence-corrected chi connectivity index (χ3v) is 4.06. The summed E-state index contributed by atoms with van der Waals surface area (Å²) in [6.07, 6.45) is 1.93. The van der Waals surface area contributed by atoms with E-state index in [2.05, 4.69) is 5.32 Å². The molecule has 0 heterocycles. The molecule has 0 aliphatic heterocycles. The zero-order chi connectivity index (χ0) is 14.5. The number of hydrogen-bond acceptors (Lipinski definition) is 3. The van der Waals surface area contributed by atoms with Crippen LogP contribution >= 0.6 is 11.8 Å². The SMILES string of the molecule is CSC[C@@](C)(O)CNC(=O)C(C)(C)c1ccccc1. The first kappa shape index (κ1) is 16.1. The van der Waals surface area contributed by atoms with Crippen LogP contribution in [0.3, 0.4) is 0 Å². The molecule has 0 unspecified atom stereocenters. The predicted molar refractivity (Wildman–Crippen MR) is 81.5 cm³/mol. The molecule has 19 heavy (non-hydrogen) atoms. The number of benzene rings is 1. The molecular formula is C15H23NO2S. The van der Waals surface area contributed by atoms with Crippen LogP contribution in [0.5, 0.6) is 0 Å². The fourth-order valence-corrected chi connectivity index (χ4v) is 2.56. The van der Waals surface area contributed by atoms with Gasteiger partial charge in [0.15, 0.2) is 0 Å². The van der Waals surface area contributed by atoms with E-state index in [1.165, 1.54) is 0 Å². The van der Waals surface area contributed by atoms with Crippen molar-refractivity contribution < 1.29 is 9.90 Å². The molecule has 0 spiro atoms. The lowest BCUT2D eigenvalue weighted by atomic mass is 9.83. The third kappa shape index (κ3) is 4.55. The second kappa shape index (κ2) is 6.44. The first-order valence-electron chi connectivity index (χ1n) is 6.35. The Labute approximate surface area is 119 Å². The minimum absolute atomic E-state index is 0.0694. The van der Waals surface area contributed by atoms with E-state index in [-0.39, 0.29) is 12.5 Å². The number of thioether (sulfide) groups is 1. The van der Waals surface area contributed by atoms with Crippen LogP contribution < -0.4 is 5.32 Å². The van der Waals surface area contributed by atoms with E-state index in [1.54, 1.807) is 18.7 Å². The number of aliphatic hydroxyl groups is 1. The molecule has 0 saturated heterocycles. The van der Waals surface area contributed by atoms with Gasteiger partial charge in [-0.25, -0.2) is 0 Å². The Morgan fingerprint density at radius 2 is 1.84 bits per heavy atom. The monoisotopic (exact) mass is 281 g/mol. The lowest BCUT2D eigenvalue weighted by molar-refractivity contribution is -0.126. The molecule has 0 saturated carbocycles. The summed E-state index contributed by atoms with van der Waals surface area (Å²) < 4.78 is 0. The number of rotatable bonds is 6. The van der Waals surface area contributed by atoms with Gasteiger partial charge in [-0.3, -0.25) is 4.79 Å². The largest absolute Gasteiger partial charge is 0.387 e. The van der Waals surface area contributed by atoms with Gasteiger partial charge in [-0.15, -0.1) is 0 Å². The number of amides is 1. The minimum Gasteiger partial charge on any atom is -0.387 e. The van der Waals surface area contributed by atoms with Gasteiger partial charge in [0.25, 0.3) is 0 Å². The Balaban J connectivity index is 2.68. The zero-order valence-corrected chi connectivity index (χ0v) is 12.9. The maximum absolute atomic E-state index is 12.3. The maximum atomic E-state index is 12.3. The maximum Gasteiger partial charge on any atom is 0.230 e. The lowest BCUT2D eigenvalue weighted by Gasteiger charge is -2.28. The average molecular weight is 281 g/mol. The molecule has 1 rings (SSSR count). The van der Waals surface area contributed by atoms with Crippen LogP contribution in [-0.2, 0) is 10.2 Å². The fourth-order valence-electron chi connectivity index (χ4n) is 1.84. The molecule has 1 amide bonds. The Hall–Kier alpha value is -1.00. The molecule has 0 aliphatic carbocycles. The van der Waals surface area contributed by atoms with Crippen molar-refractivity contribution in [3.8, 4) is 0 Å². The van der Waals surface area contributed by atoms with Crippen molar-refractivity contribution in [2.45, 2.75) is 31.8 Å². The Kier molecular flexibility index (Phi) is 5.44. The van der Waals surface area contributed by atoms with Gasteiger partial charge in [0.1, 0.15) is 0 Å². The van der Waals surface area contributed by atoms with E-state index in [0.29, 0.717) is 5.75 Å². The second-order valence-corrected chi connectivity index (χ2v) is 6.47. The van der Waals surface area contributed by atoms with Crippen LogP contribution in [0.1, 0.15) is 26.3 Å². The van der Waals surface area contributed by atoms with Crippen molar-refractivity contribution in [1.82, 2.24) is 5.32 Å². The van der Waals surface area contributed by atoms with Crippen LogP contribution in [0.2, 0.25) is 0 Å². The molecular weight excluding hydrogens is 258 g/mol. The highest BCUT2D eigenvalue weighted by molar-refractivity contribution is 7.98. The van der Waals surface area contributed by atoms with Crippen molar-refractivity contribution in [3.63, 3.8) is 0 Å². The third-order valence-electron chi connectivity index (χ3n) is 3.15. The molecule has 0 fully saturated rings. The molecule has 106 valence electrons.